The summed E-state index contributed by atoms with van der Waals surface area (Å²) in [5.74, 6) is 1.23. The first kappa shape index (κ1) is 20.7. The van der Waals surface area contributed by atoms with Crippen molar-refractivity contribution in [3.63, 3.8) is 0 Å². The van der Waals surface area contributed by atoms with E-state index < -0.39 is 0 Å². The molecule has 0 aromatic heterocycles. The van der Waals surface area contributed by atoms with Crippen LogP contribution in [-0.4, -0.2) is 66.2 Å². The zero-order valence-corrected chi connectivity index (χ0v) is 18.4. The third-order valence-electron chi connectivity index (χ3n) is 8.21. The normalized spacial score (nSPS) is 34.1. The molecular weight excluding hydrogens is 351 g/mol. The molecule has 28 heavy (non-hydrogen) atoms. The van der Waals surface area contributed by atoms with E-state index >= 15 is 0 Å². The molecule has 3 aliphatic heterocycles. The highest BCUT2D eigenvalue weighted by atomic mass is 16.7. The number of hydrogen-bond donors (Lipinski definition) is 0. The Kier molecular flexibility index (Phi) is 5.85. The fraction of sp³-hybridized carbons (Fsp3) is 0.955. The second-order valence-electron chi connectivity index (χ2n) is 10.5. The highest BCUT2D eigenvalue weighted by Crippen LogP contribution is 2.44. The summed E-state index contributed by atoms with van der Waals surface area (Å²) in [6, 6.07) is 0.682. The average Bonchev–Trinajstić information content (AvgIpc) is 3.28. The molecule has 4 aliphatic rings. The number of piperidine rings is 1. The van der Waals surface area contributed by atoms with Gasteiger partial charge >= 0.3 is 7.12 Å². The molecule has 3 saturated heterocycles. The third-order valence-corrected chi connectivity index (χ3v) is 8.21. The van der Waals surface area contributed by atoms with Gasteiger partial charge < -0.3 is 19.1 Å². The quantitative estimate of drug-likeness (QED) is 0.689. The number of carbonyl (C=O) groups is 1. The molecule has 4 fully saturated rings. The van der Waals surface area contributed by atoms with Gasteiger partial charge in [-0.3, -0.25) is 4.79 Å². The summed E-state index contributed by atoms with van der Waals surface area (Å²) in [5.41, 5.74) is -0.448. The smallest absolute Gasteiger partial charge is 0.403 e. The van der Waals surface area contributed by atoms with Crippen molar-refractivity contribution in [2.45, 2.75) is 102 Å². The summed E-state index contributed by atoms with van der Waals surface area (Å²) in [7, 11) is -0.0465. The molecule has 4 rings (SSSR count). The molecule has 1 amide bonds. The van der Waals surface area contributed by atoms with E-state index in [0.717, 1.165) is 39.0 Å². The lowest BCUT2D eigenvalue weighted by molar-refractivity contribution is -0.136. The van der Waals surface area contributed by atoms with Crippen LogP contribution in [0.15, 0.2) is 0 Å². The molecule has 0 spiro atoms. The molecular formula is C22H39BN2O3. The van der Waals surface area contributed by atoms with Gasteiger partial charge in [-0.25, -0.2) is 0 Å². The van der Waals surface area contributed by atoms with Crippen LogP contribution >= 0.6 is 0 Å². The molecule has 0 aromatic carbocycles. The summed E-state index contributed by atoms with van der Waals surface area (Å²) < 4.78 is 12.6. The van der Waals surface area contributed by atoms with Gasteiger partial charge in [0.05, 0.1) is 11.2 Å². The van der Waals surface area contributed by atoms with E-state index in [4.69, 9.17) is 9.31 Å². The van der Waals surface area contributed by atoms with E-state index in [1.807, 2.05) is 0 Å². The molecule has 158 valence electrons. The number of likely N-dealkylation sites (tertiary alicyclic amines) is 2. The number of hydrogen-bond acceptors (Lipinski definition) is 4. The molecule has 0 N–H and O–H groups in total. The summed E-state index contributed by atoms with van der Waals surface area (Å²) >= 11 is 0. The van der Waals surface area contributed by atoms with Crippen LogP contribution < -0.4 is 0 Å². The third kappa shape index (κ3) is 4.02. The maximum atomic E-state index is 12.7. The van der Waals surface area contributed by atoms with Gasteiger partial charge in [0.2, 0.25) is 5.91 Å². The van der Waals surface area contributed by atoms with Crippen LogP contribution in [0, 0.1) is 5.92 Å². The Balaban J connectivity index is 1.22. The number of carbonyl (C=O) groups excluding carboxylic acids is 1. The van der Waals surface area contributed by atoms with Crippen LogP contribution in [0.5, 0.6) is 0 Å². The van der Waals surface area contributed by atoms with Crippen molar-refractivity contribution in [1.82, 2.24) is 9.80 Å². The number of rotatable bonds is 3. The monoisotopic (exact) mass is 390 g/mol. The average molecular weight is 390 g/mol. The minimum Gasteiger partial charge on any atom is -0.403 e. The fourth-order valence-electron chi connectivity index (χ4n) is 5.53. The molecule has 1 saturated carbocycles. The van der Waals surface area contributed by atoms with Crippen molar-refractivity contribution in [2.75, 3.05) is 26.2 Å². The Labute approximate surface area is 171 Å². The van der Waals surface area contributed by atoms with Crippen LogP contribution in [0.1, 0.15) is 79.1 Å². The van der Waals surface area contributed by atoms with Gasteiger partial charge in [-0.15, -0.1) is 0 Å². The van der Waals surface area contributed by atoms with Crippen LogP contribution in [0.3, 0.4) is 0 Å². The SMILES string of the molecule is CC1(C)OB(C2CCC(N3CCC(C(=O)N4CCCC4)CC3)CC2)OC1(C)C. The summed E-state index contributed by atoms with van der Waals surface area (Å²) in [6.07, 6.45) is 9.33. The highest BCUT2D eigenvalue weighted by molar-refractivity contribution is 6.47. The highest BCUT2D eigenvalue weighted by Gasteiger charge is 2.54. The van der Waals surface area contributed by atoms with E-state index in [2.05, 4.69) is 37.5 Å². The fourth-order valence-corrected chi connectivity index (χ4v) is 5.53. The van der Waals surface area contributed by atoms with E-state index in [0.29, 0.717) is 17.8 Å². The van der Waals surface area contributed by atoms with Crippen molar-refractivity contribution in [3.8, 4) is 0 Å². The second-order valence-corrected chi connectivity index (χ2v) is 10.5. The van der Waals surface area contributed by atoms with Crippen molar-refractivity contribution in [3.05, 3.63) is 0 Å². The summed E-state index contributed by atoms with van der Waals surface area (Å²) in [6.45, 7) is 12.7. The Morgan fingerprint density at radius 1 is 0.821 bits per heavy atom. The standard InChI is InChI=1S/C22H39BN2O3/c1-21(2)22(3,4)28-23(27-21)18-7-9-19(10-8-18)24-15-11-17(12-16-24)20(26)25-13-5-6-14-25/h17-19H,5-16H2,1-4H3. The van der Waals surface area contributed by atoms with Gasteiger partial charge in [-0.05, 0) is 85.1 Å². The van der Waals surface area contributed by atoms with Crippen molar-refractivity contribution < 1.29 is 14.1 Å². The maximum Gasteiger partial charge on any atom is 0.461 e. The maximum absolute atomic E-state index is 12.7. The lowest BCUT2D eigenvalue weighted by Crippen LogP contribution is -2.46. The van der Waals surface area contributed by atoms with Crippen molar-refractivity contribution >= 4 is 13.0 Å². The lowest BCUT2D eigenvalue weighted by atomic mass is 9.63. The van der Waals surface area contributed by atoms with Gasteiger partial charge in [-0.1, -0.05) is 12.8 Å². The van der Waals surface area contributed by atoms with Gasteiger partial charge in [0.25, 0.3) is 0 Å². The Morgan fingerprint density at radius 2 is 1.36 bits per heavy atom. The first-order valence-corrected chi connectivity index (χ1v) is 11.7. The summed E-state index contributed by atoms with van der Waals surface area (Å²) in [4.78, 5) is 17.4. The Morgan fingerprint density at radius 3 is 1.89 bits per heavy atom. The Bertz CT molecular complexity index is 544. The Hall–Kier alpha value is -0.585. The van der Waals surface area contributed by atoms with E-state index in [9.17, 15) is 4.79 Å². The van der Waals surface area contributed by atoms with Gasteiger partial charge in [0.1, 0.15) is 0 Å². The van der Waals surface area contributed by atoms with E-state index in [1.54, 1.807) is 0 Å². The van der Waals surface area contributed by atoms with Gasteiger partial charge in [0, 0.05) is 25.0 Å². The predicted molar refractivity (Wildman–Crippen MR) is 112 cm³/mol. The first-order valence-electron chi connectivity index (χ1n) is 11.7. The van der Waals surface area contributed by atoms with Gasteiger partial charge in [-0.2, -0.15) is 0 Å². The molecule has 5 nitrogen and oxygen atoms in total. The molecule has 0 bridgehead atoms. The molecule has 0 radical (unpaired) electrons. The van der Waals surface area contributed by atoms with Gasteiger partial charge in [0.15, 0.2) is 0 Å². The molecule has 0 unspecified atom stereocenters. The largest absolute Gasteiger partial charge is 0.461 e. The van der Waals surface area contributed by atoms with Crippen molar-refractivity contribution in [2.24, 2.45) is 5.92 Å². The molecule has 0 atom stereocenters. The minimum atomic E-state index is -0.224. The molecule has 6 heteroatoms. The number of amides is 1. The van der Waals surface area contributed by atoms with Crippen LogP contribution in [0.2, 0.25) is 5.82 Å². The van der Waals surface area contributed by atoms with E-state index in [-0.39, 0.29) is 24.2 Å². The molecule has 3 heterocycles. The predicted octanol–water partition coefficient (Wildman–Crippen LogP) is 3.73. The van der Waals surface area contributed by atoms with Crippen molar-refractivity contribution in [1.29, 1.82) is 0 Å². The zero-order chi connectivity index (χ0) is 19.9. The summed E-state index contributed by atoms with van der Waals surface area (Å²) in [5, 5.41) is 0. The second kappa shape index (κ2) is 7.92. The lowest BCUT2D eigenvalue weighted by Gasteiger charge is -2.41. The zero-order valence-electron chi connectivity index (χ0n) is 18.4. The topological polar surface area (TPSA) is 42.0 Å². The molecule has 0 aromatic rings. The first-order chi connectivity index (χ1) is 13.3. The number of nitrogens with zero attached hydrogens (tertiary/aromatic N) is 2. The van der Waals surface area contributed by atoms with Crippen LogP contribution in [-0.2, 0) is 14.1 Å². The van der Waals surface area contributed by atoms with Crippen LogP contribution in [0.25, 0.3) is 0 Å². The van der Waals surface area contributed by atoms with Crippen LogP contribution in [0.4, 0.5) is 0 Å². The minimum absolute atomic E-state index is 0.0465. The van der Waals surface area contributed by atoms with E-state index in [1.165, 1.54) is 38.5 Å². The molecule has 1 aliphatic carbocycles.